The van der Waals surface area contributed by atoms with Gasteiger partial charge in [-0.25, -0.2) is 0 Å². The maximum Gasteiger partial charge on any atom is 0.253 e. The van der Waals surface area contributed by atoms with Crippen molar-refractivity contribution in [3.05, 3.63) is 41.3 Å². The molecule has 4 bridgehead atoms. The predicted molar refractivity (Wildman–Crippen MR) is 126 cm³/mol. The van der Waals surface area contributed by atoms with Gasteiger partial charge in [0, 0.05) is 22.6 Å². The molecule has 0 radical (unpaired) electrons. The van der Waals surface area contributed by atoms with Gasteiger partial charge in [0.25, 0.3) is 5.91 Å². The van der Waals surface area contributed by atoms with Crippen molar-refractivity contribution in [2.24, 2.45) is 17.8 Å². The standard InChI is InChI=1S/C26H34N2OS/c1-2-3-4-9-27-23-8-7-21(24-6-5-10-30-24)14-22(23)25(29)28-26-15-18-11-19(16-26)13-20(12-18)17-26/h5-8,10,14,18-20,27H,2-4,9,11-13,15-17H2,1H3,(H,28,29). The summed E-state index contributed by atoms with van der Waals surface area (Å²) in [5.41, 5.74) is 2.98. The molecule has 4 heteroatoms. The van der Waals surface area contributed by atoms with Crippen LogP contribution in [0.3, 0.4) is 0 Å². The lowest BCUT2D eigenvalue weighted by molar-refractivity contribution is -0.0166. The molecule has 30 heavy (non-hydrogen) atoms. The summed E-state index contributed by atoms with van der Waals surface area (Å²) in [6, 6.07) is 10.6. The number of amides is 1. The minimum absolute atomic E-state index is 0.0459. The van der Waals surface area contributed by atoms with Crippen LogP contribution in [0.5, 0.6) is 0 Å². The van der Waals surface area contributed by atoms with E-state index in [1.807, 2.05) is 0 Å². The lowest BCUT2D eigenvalue weighted by Crippen LogP contribution is -2.59. The highest BCUT2D eigenvalue weighted by molar-refractivity contribution is 7.13. The Hall–Kier alpha value is -1.81. The first-order chi connectivity index (χ1) is 14.6. The number of rotatable bonds is 8. The van der Waals surface area contributed by atoms with Crippen LogP contribution in [-0.4, -0.2) is 18.0 Å². The zero-order chi connectivity index (χ0) is 20.6. The van der Waals surface area contributed by atoms with Gasteiger partial charge in [-0.05, 0) is 91.8 Å². The average molecular weight is 423 g/mol. The molecule has 4 aliphatic rings. The van der Waals surface area contributed by atoms with Crippen molar-refractivity contribution < 1.29 is 4.79 Å². The molecule has 0 saturated heterocycles. The fourth-order valence-electron chi connectivity index (χ4n) is 6.65. The van der Waals surface area contributed by atoms with Gasteiger partial charge in [-0.15, -0.1) is 11.3 Å². The number of unbranched alkanes of at least 4 members (excludes halogenated alkanes) is 2. The van der Waals surface area contributed by atoms with E-state index in [4.69, 9.17) is 0 Å². The highest BCUT2D eigenvalue weighted by Gasteiger charge is 2.51. The summed E-state index contributed by atoms with van der Waals surface area (Å²) in [4.78, 5) is 14.8. The lowest BCUT2D eigenvalue weighted by Gasteiger charge is -2.56. The second kappa shape index (κ2) is 8.37. The molecular weight excluding hydrogens is 388 g/mol. The Morgan fingerprint density at radius 2 is 1.80 bits per heavy atom. The van der Waals surface area contributed by atoms with Gasteiger partial charge in [-0.1, -0.05) is 31.9 Å². The second-order valence-electron chi connectivity index (χ2n) is 10.0. The van der Waals surface area contributed by atoms with Crippen LogP contribution in [0.4, 0.5) is 5.69 Å². The number of hydrogen-bond donors (Lipinski definition) is 2. The largest absolute Gasteiger partial charge is 0.384 e. The number of thiophene rings is 1. The van der Waals surface area contributed by atoms with E-state index in [1.54, 1.807) is 11.3 Å². The zero-order valence-electron chi connectivity index (χ0n) is 18.1. The monoisotopic (exact) mass is 422 g/mol. The van der Waals surface area contributed by atoms with Crippen molar-refractivity contribution in [2.45, 2.75) is 70.3 Å². The summed E-state index contributed by atoms with van der Waals surface area (Å²) in [5.74, 6) is 2.62. The number of nitrogens with one attached hydrogen (secondary N) is 2. The smallest absolute Gasteiger partial charge is 0.253 e. The van der Waals surface area contributed by atoms with Crippen molar-refractivity contribution >= 4 is 22.9 Å². The molecule has 4 aliphatic carbocycles. The normalized spacial score (nSPS) is 29.2. The first kappa shape index (κ1) is 20.1. The third-order valence-electron chi connectivity index (χ3n) is 7.58. The zero-order valence-corrected chi connectivity index (χ0v) is 18.9. The van der Waals surface area contributed by atoms with Crippen LogP contribution in [0.1, 0.15) is 75.1 Å². The maximum atomic E-state index is 13.6. The van der Waals surface area contributed by atoms with E-state index in [-0.39, 0.29) is 11.4 Å². The van der Waals surface area contributed by atoms with Crippen LogP contribution < -0.4 is 10.6 Å². The Labute approximate surface area is 184 Å². The molecule has 0 spiro atoms. The van der Waals surface area contributed by atoms with Crippen molar-refractivity contribution in [1.82, 2.24) is 5.32 Å². The predicted octanol–water partition coefficient (Wildman–Crippen LogP) is 6.72. The van der Waals surface area contributed by atoms with E-state index in [9.17, 15) is 4.79 Å². The summed E-state index contributed by atoms with van der Waals surface area (Å²) < 4.78 is 0. The van der Waals surface area contributed by atoms with Crippen molar-refractivity contribution in [1.29, 1.82) is 0 Å². The minimum atomic E-state index is 0.0459. The fraction of sp³-hybridized carbons (Fsp3) is 0.577. The quantitative estimate of drug-likeness (QED) is 0.464. The van der Waals surface area contributed by atoms with Crippen LogP contribution >= 0.6 is 11.3 Å². The van der Waals surface area contributed by atoms with E-state index < -0.39 is 0 Å². The third kappa shape index (κ3) is 4.03. The Bertz CT molecular complexity index is 853. The first-order valence-corrected chi connectivity index (χ1v) is 12.8. The van der Waals surface area contributed by atoms with Gasteiger partial charge < -0.3 is 10.6 Å². The minimum Gasteiger partial charge on any atom is -0.384 e. The highest BCUT2D eigenvalue weighted by Crippen LogP contribution is 2.55. The lowest BCUT2D eigenvalue weighted by atomic mass is 9.53. The van der Waals surface area contributed by atoms with Gasteiger partial charge in [-0.2, -0.15) is 0 Å². The Kier molecular flexibility index (Phi) is 5.61. The van der Waals surface area contributed by atoms with Crippen LogP contribution in [0.2, 0.25) is 0 Å². The maximum absolute atomic E-state index is 13.6. The molecule has 160 valence electrons. The molecular formula is C26H34N2OS. The van der Waals surface area contributed by atoms with Crippen LogP contribution in [0, 0.1) is 17.8 Å². The van der Waals surface area contributed by atoms with E-state index in [0.29, 0.717) is 0 Å². The van der Waals surface area contributed by atoms with E-state index >= 15 is 0 Å². The summed E-state index contributed by atoms with van der Waals surface area (Å²) in [6.45, 7) is 3.14. The summed E-state index contributed by atoms with van der Waals surface area (Å²) in [7, 11) is 0. The molecule has 0 unspecified atom stereocenters. The molecule has 0 atom stereocenters. The number of benzene rings is 1. The van der Waals surface area contributed by atoms with E-state index in [1.165, 1.54) is 56.2 Å². The molecule has 1 aromatic heterocycles. The second-order valence-corrected chi connectivity index (χ2v) is 11.0. The van der Waals surface area contributed by atoms with Crippen molar-refractivity contribution in [2.75, 3.05) is 11.9 Å². The Balaban J connectivity index is 1.39. The van der Waals surface area contributed by atoms with E-state index in [0.717, 1.165) is 47.5 Å². The molecule has 3 nitrogen and oxygen atoms in total. The van der Waals surface area contributed by atoms with Gasteiger partial charge >= 0.3 is 0 Å². The molecule has 4 fully saturated rings. The summed E-state index contributed by atoms with van der Waals surface area (Å²) in [6.07, 6.45) is 11.3. The average Bonchev–Trinajstić information content (AvgIpc) is 3.25. The number of carbonyl (C=O) groups is 1. The van der Waals surface area contributed by atoms with Gasteiger partial charge in [0.2, 0.25) is 0 Å². The molecule has 1 heterocycles. The number of hydrogen-bond acceptors (Lipinski definition) is 3. The first-order valence-electron chi connectivity index (χ1n) is 11.9. The number of anilines is 1. The molecule has 1 amide bonds. The van der Waals surface area contributed by atoms with E-state index in [2.05, 4.69) is 53.3 Å². The van der Waals surface area contributed by atoms with Crippen molar-refractivity contribution in [3.63, 3.8) is 0 Å². The number of carbonyl (C=O) groups excluding carboxylic acids is 1. The van der Waals surface area contributed by atoms with Crippen molar-refractivity contribution in [3.8, 4) is 10.4 Å². The molecule has 4 saturated carbocycles. The Morgan fingerprint density at radius 3 is 2.43 bits per heavy atom. The molecule has 1 aromatic carbocycles. The van der Waals surface area contributed by atoms with Crippen LogP contribution in [-0.2, 0) is 0 Å². The highest BCUT2D eigenvalue weighted by atomic mass is 32.1. The topological polar surface area (TPSA) is 41.1 Å². The molecule has 6 rings (SSSR count). The fourth-order valence-corrected chi connectivity index (χ4v) is 7.38. The molecule has 2 N–H and O–H groups in total. The van der Waals surface area contributed by atoms with Crippen LogP contribution in [0.25, 0.3) is 10.4 Å². The molecule has 0 aliphatic heterocycles. The third-order valence-corrected chi connectivity index (χ3v) is 8.50. The van der Waals surface area contributed by atoms with Gasteiger partial charge in [0.15, 0.2) is 0 Å². The summed E-state index contributed by atoms with van der Waals surface area (Å²) in [5, 5.41) is 9.23. The SMILES string of the molecule is CCCCCNc1ccc(-c2cccs2)cc1C(=O)NC12CC3CC(CC(C3)C1)C2. The van der Waals surface area contributed by atoms with Crippen LogP contribution in [0.15, 0.2) is 35.7 Å². The Morgan fingerprint density at radius 1 is 1.07 bits per heavy atom. The van der Waals surface area contributed by atoms with Gasteiger partial charge in [0.05, 0.1) is 5.56 Å². The summed E-state index contributed by atoms with van der Waals surface area (Å²) >= 11 is 1.73. The molecule has 2 aromatic rings. The van der Waals surface area contributed by atoms with Gasteiger partial charge in [0.1, 0.15) is 0 Å². The van der Waals surface area contributed by atoms with Gasteiger partial charge in [-0.3, -0.25) is 4.79 Å².